The fourth-order valence-corrected chi connectivity index (χ4v) is 9.61. The lowest BCUT2D eigenvalue weighted by molar-refractivity contribution is -0.121. The Balaban J connectivity index is 1.47. The molecule has 0 radical (unpaired) electrons. The van der Waals surface area contributed by atoms with Crippen LogP contribution in [0.1, 0.15) is 51.7 Å². The molecular formula is C31H36N2O2Si. The first-order valence-electron chi connectivity index (χ1n) is 12.7. The Morgan fingerprint density at radius 2 is 1.53 bits per heavy atom. The third-order valence-corrected chi connectivity index (χ3v) is 11.8. The van der Waals surface area contributed by atoms with E-state index in [0.29, 0.717) is 13.0 Å². The minimum Gasteiger partial charge on any atom is -0.407 e. The molecule has 0 aliphatic carbocycles. The molecule has 0 aromatic heterocycles. The van der Waals surface area contributed by atoms with Gasteiger partial charge in [-0.25, -0.2) is 5.43 Å². The molecule has 1 unspecified atom stereocenters. The van der Waals surface area contributed by atoms with E-state index in [2.05, 4.69) is 128 Å². The number of rotatable bonds is 8. The molecule has 1 heterocycles. The largest absolute Gasteiger partial charge is 0.407 e. The maximum Gasteiger partial charge on any atom is 0.261 e. The van der Waals surface area contributed by atoms with Crippen molar-refractivity contribution in [3.63, 3.8) is 0 Å². The molecule has 5 heteroatoms. The molecule has 0 fully saturated rings. The van der Waals surface area contributed by atoms with E-state index >= 15 is 0 Å². The van der Waals surface area contributed by atoms with Crippen molar-refractivity contribution in [2.75, 3.05) is 6.61 Å². The van der Waals surface area contributed by atoms with E-state index in [1.54, 1.807) is 0 Å². The highest BCUT2D eigenvalue weighted by Crippen LogP contribution is 2.36. The Morgan fingerprint density at radius 1 is 0.944 bits per heavy atom. The maximum atomic E-state index is 11.5. The van der Waals surface area contributed by atoms with Crippen molar-refractivity contribution in [3.8, 4) is 0 Å². The minimum absolute atomic E-state index is 0.0201. The van der Waals surface area contributed by atoms with Crippen molar-refractivity contribution in [2.24, 2.45) is 11.0 Å². The Labute approximate surface area is 216 Å². The van der Waals surface area contributed by atoms with Crippen molar-refractivity contribution in [2.45, 2.75) is 45.6 Å². The summed E-state index contributed by atoms with van der Waals surface area (Å²) in [4.78, 5) is 11.5. The Morgan fingerprint density at radius 3 is 2.06 bits per heavy atom. The Hall–Kier alpha value is -3.28. The minimum atomic E-state index is -2.49. The zero-order valence-electron chi connectivity index (χ0n) is 21.7. The number of amides is 1. The molecule has 3 aromatic carbocycles. The summed E-state index contributed by atoms with van der Waals surface area (Å²) in [5.41, 5.74) is 5.72. The normalized spacial score (nSPS) is 16.6. The van der Waals surface area contributed by atoms with Crippen LogP contribution in [0.2, 0.25) is 5.04 Å². The van der Waals surface area contributed by atoms with Gasteiger partial charge >= 0.3 is 0 Å². The second-order valence-electron chi connectivity index (χ2n) is 10.5. The first kappa shape index (κ1) is 25.8. The third kappa shape index (κ3) is 5.58. The van der Waals surface area contributed by atoms with Crippen LogP contribution in [-0.2, 0) is 9.22 Å². The van der Waals surface area contributed by atoms with Crippen LogP contribution < -0.4 is 15.8 Å². The molecule has 4 rings (SSSR count). The molecule has 0 saturated heterocycles. The van der Waals surface area contributed by atoms with Gasteiger partial charge in [0.05, 0.1) is 5.71 Å². The monoisotopic (exact) mass is 496 g/mol. The summed E-state index contributed by atoms with van der Waals surface area (Å²) >= 11 is 0. The highest BCUT2D eigenvalue weighted by molar-refractivity contribution is 6.99. The second kappa shape index (κ2) is 11.2. The predicted octanol–water partition coefficient (Wildman–Crippen LogP) is 5.53. The van der Waals surface area contributed by atoms with Gasteiger partial charge in [-0.05, 0) is 33.0 Å². The van der Waals surface area contributed by atoms with Crippen molar-refractivity contribution in [1.82, 2.24) is 5.43 Å². The molecule has 1 aliphatic heterocycles. The van der Waals surface area contributed by atoms with Crippen LogP contribution in [-0.4, -0.2) is 26.5 Å². The van der Waals surface area contributed by atoms with Crippen LogP contribution >= 0.6 is 0 Å². The maximum absolute atomic E-state index is 11.5. The van der Waals surface area contributed by atoms with E-state index < -0.39 is 8.32 Å². The molecule has 4 nitrogen and oxygen atoms in total. The molecule has 1 N–H and O–H groups in total. The Kier molecular flexibility index (Phi) is 8.02. The second-order valence-corrected chi connectivity index (χ2v) is 14.8. The van der Waals surface area contributed by atoms with Gasteiger partial charge in [0.25, 0.3) is 8.32 Å². The van der Waals surface area contributed by atoms with E-state index in [1.807, 2.05) is 6.92 Å². The fourth-order valence-electron chi connectivity index (χ4n) is 5.03. The van der Waals surface area contributed by atoms with E-state index in [1.165, 1.54) is 10.4 Å². The molecule has 36 heavy (non-hydrogen) atoms. The number of nitrogens with one attached hydrogen (secondary N) is 1. The zero-order chi connectivity index (χ0) is 25.6. The predicted molar refractivity (Wildman–Crippen MR) is 152 cm³/mol. The molecule has 0 bridgehead atoms. The van der Waals surface area contributed by atoms with E-state index in [0.717, 1.165) is 23.3 Å². The average Bonchev–Trinajstić information content (AvgIpc) is 2.87. The quantitative estimate of drug-likeness (QED) is 0.329. The highest BCUT2D eigenvalue weighted by Gasteiger charge is 2.49. The van der Waals surface area contributed by atoms with Gasteiger partial charge < -0.3 is 4.43 Å². The Bertz CT molecular complexity index is 1170. The molecule has 186 valence electrons. The number of carbonyl (C=O) groups is 1. The lowest BCUT2D eigenvalue weighted by Gasteiger charge is -2.43. The van der Waals surface area contributed by atoms with Crippen LogP contribution in [0.25, 0.3) is 6.08 Å². The summed E-state index contributed by atoms with van der Waals surface area (Å²) < 4.78 is 6.96. The van der Waals surface area contributed by atoms with Gasteiger partial charge in [-0.3, -0.25) is 4.79 Å². The summed E-state index contributed by atoms with van der Waals surface area (Å²) in [6, 6.07) is 29.9. The van der Waals surface area contributed by atoms with Crippen LogP contribution in [0, 0.1) is 5.92 Å². The average molecular weight is 497 g/mol. The summed E-state index contributed by atoms with van der Waals surface area (Å²) in [7, 11) is -2.49. The van der Waals surface area contributed by atoms with Gasteiger partial charge in [-0.2, -0.15) is 5.10 Å². The molecule has 3 aromatic rings. The van der Waals surface area contributed by atoms with E-state index in [4.69, 9.17) is 4.43 Å². The van der Waals surface area contributed by atoms with Crippen LogP contribution in [0.5, 0.6) is 0 Å². The number of hydrogen-bond donors (Lipinski definition) is 1. The number of benzene rings is 3. The summed E-state index contributed by atoms with van der Waals surface area (Å²) in [6.07, 6.45) is 5.65. The van der Waals surface area contributed by atoms with Crippen molar-refractivity contribution in [1.29, 1.82) is 0 Å². The summed E-state index contributed by atoms with van der Waals surface area (Å²) in [6.45, 7) is 9.62. The molecule has 1 atom stereocenters. The van der Waals surface area contributed by atoms with Crippen LogP contribution in [0.4, 0.5) is 0 Å². The third-order valence-electron chi connectivity index (χ3n) is 6.80. The zero-order valence-corrected chi connectivity index (χ0v) is 22.7. The van der Waals surface area contributed by atoms with Gasteiger partial charge in [0.15, 0.2) is 0 Å². The first-order chi connectivity index (χ1) is 17.3. The molecule has 0 saturated carbocycles. The van der Waals surface area contributed by atoms with Crippen molar-refractivity contribution in [3.05, 3.63) is 102 Å². The van der Waals surface area contributed by atoms with Gasteiger partial charge in [0.1, 0.15) is 0 Å². The number of carbonyl (C=O) groups excluding carboxylic acids is 1. The molecular weight excluding hydrogens is 460 g/mol. The summed E-state index contributed by atoms with van der Waals surface area (Å²) in [5, 5.41) is 6.85. The molecule has 1 aliphatic rings. The van der Waals surface area contributed by atoms with Gasteiger partial charge in [-0.15, -0.1) is 0 Å². The standard InChI is InChI=1S/C31H36N2O2Si/c1-24-23-29(34)32-33-30(24)26-20-18-25(19-21-26)13-11-12-22-35-36(31(2,3)4,27-14-7-5-8-15-27)28-16-9-6-10-17-28/h5-11,13-21,24H,12,22-23H2,1-4H3,(H,32,34). The fraction of sp³-hybridized carbons (Fsp3) is 0.290. The van der Waals surface area contributed by atoms with Crippen LogP contribution in [0.15, 0.2) is 96.1 Å². The number of nitrogens with zero attached hydrogens (tertiary/aromatic N) is 1. The van der Waals surface area contributed by atoms with Gasteiger partial charge in [0.2, 0.25) is 5.91 Å². The van der Waals surface area contributed by atoms with Gasteiger partial charge in [-0.1, -0.05) is 125 Å². The first-order valence-corrected chi connectivity index (χ1v) is 14.6. The number of hydrogen-bond acceptors (Lipinski definition) is 3. The highest BCUT2D eigenvalue weighted by atomic mass is 28.4. The lowest BCUT2D eigenvalue weighted by atomic mass is 9.93. The molecule has 1 amide bonds. The topological polar surface area (TPSA) is 50.7 Å². The van der Waals surface area contributed by atoms with Gasteiger partial charge in [0, 0.05) is 18.9 Å². The van der Waals surface area contributed by atoms with E-state index in [-0.39, 0.29) is 16.9 Å². The van der Waals surface area contributed by atoms with E-state index in [9.17, 15) is 4.79 Å². The van der Waals surface area contributed by atoms with Crippen molar-refractivity contribution < 1.29 is 9.22 Å². The SMILES string of the molecule is CC1CC(=O)NN=C1c1ccc(C=CCCO[Si](c2ccccc2)(c2ccccc2)C(C)(C)C)cc1. The molecule has 0 spiro atoms. The summed E-state index contributed by atoms with van der Waals surface area (Å²) in [5.74, 6) is 0.102. The lowest BCUT2D eigenvalue weighted by Crippen LogP contribution is -2.66. The smallest absolute Gasteiger partial charge is 0.261 e. The van der Waals surface area contributed by atoms with Crippen molar-refractivity contribution >= 4 is 36.4 Å². The van der Waals surface area contributed by atoms with Crippen LogP contribution in [0.3, 0.4) is 0 Å². The number of hydrazone groups is 1.